The molecule has 0 fully saturated rings. The van der Waals surface area contributed by atoms with Crippen molar-refractivity contribution in [1.82, 2.24) is 39.2 Å². The number of aliphatic hydroxyl groups is 2. The third kappa shape index (κ3) is 101. The first-order chi connectivity index (χ1) is 58.0. The maximum atomic E-state index is 12.2. The van der Waals surface area contributed by atoms with Crippen LogP contribution in [-0.2, 0) is 76.3 Å². The molecule has 0 atom stereocenters. The Balaban J connectivity index is -0.000000755. The van der Waals surface area contributed by atoms with Crippen LogP contribution in [0.15, 0.2) is 0 Å². The Morgan fingerprint density at radius 1 is 0.208 bits per heavy atom. The van der Waals surface area contributed by atoms with Crippen LogP contribution in [0.1, 0.15) is 184 Å². The van der Waals surface area contributed by atoms with Crippen molar-refractivity contribution in [3.63, 3.8) is 0 Å². The molecule has 2 N–H and O–H groups in total. The minimum Gasteiger partial charge on any atom is -0.466 e. The standard InChI is InChI=1S/C23H46N2O6S4.2C21H42N2O4S4.C17H34N2O4/c1-3-18-32-34-20-16-30-22(28)6-10-24(8-5-9-25(12-14-26)13-15-27)11-7-23(29)31-17-21-35-33-19-4-2;1-5-16-28-30-18-14-26-20(24)8-12-22(3)10-7-11-23(4)13-9-21(25)27-15-19-31-29-17-6-2;1-5-16-28-30-18-14-26-20(24)8-12-23(11-7-10-22(3)4)13-9-21(25)27-15-19-31-29-17-6-2;1-5-14-22-16(20)8-12-19(11-7-10-18(3)4)13-9-17(21)23-15-6-2/h26-27H,3-21H2,1-2H3;2*5-19H2,1-4H3;5-15H2,1-4H3. The Morgan fingerprint density at radius 2 is 0.383 bits per heavy atom. The molecule has 0 bridgehead atoms. The van der Waals surface area contributed by atoms with Crippen molar-refractivity contribution in [3.05, 3.63) is 0 Å². The van der Waals surface area contributed by atoms with E-state index < -0.39 is 0 Å². The maximum Gasteiger partial charge on any atom is 0.307 e. The van der Waals surface area contributed by atoms with E-state index in [0.29, 0.717) is 163 Å². The first-order valence-electron chi connectivity index (χ1n) is 43.5. The average Bonchev–Trinajstić information content (AvgIpc) is 0.975. The van der Waals surface area contributed by atoms with Gasteiger partial charge in [-0.1, -0.05) is 185 Å². The van der Waals surface area contributed by atoms with Gasteiger partial charge in [0.1, 0.15) is 39.6 Å². The van der Waals surface area contributed by atoms with Gasteiger partial charge in [0, 0.05) is 134 Å². The molecule has 0 aliphatic rings. The number of rotatable bonds is 84. The molecule has 0 aliphatic carbocycles. The Labute approximate surface area is 775 Å². The van der Waals surface area contributed by atoms with E-state index in [0.717, 1.165) is 179 Å². The first-order valence-corrected chi connectivity index (χ1v) is 58.5. The van der Waals surface area contributed by atoms with Gasteiger partial charge >= 0.3 is 47.8 Å². The highest BCUT2D eigenvalue weighted by atomic mass is 33.1. The number of hydrogen-bond acceptors (Lipinski definition) is 38. The van der Waals surface area contributed by atoms with Gasteiger partial charge in [-0.3, -0.25) is 43.3 Å². The van der Waals surface area contributed by atoms with Crippen LogP contribution in [0.5, 0.6) is 0 Å². The van der Waals surface area contributed by atoms with Gasteiger partial charge in [-0.2, -0.15) is 0 Å². The van der Waals surface area contributed by atoms with Crippen LogP contribution in [0.3, 0.4) is 0 Å². The third-order valence-electron chi connectivity index (χ3n) is 15.9. The van der Waals surface area contributed by atoms with E-state index in [2.05, 4.69) is 75.8 Å². The zero-order valence-electron chi connectivity index (χ0n) is 76.3. The van der Waals surface area contributed by atoms with E-state index in [-0.39, 0.29) is 73.8 Å². The Kier molecular flexibility index (Phi) is 106. The first kappa shape index (κ1) is 126. The maximum absolute atomic E-state index is 12.2. The second-order valence-electron chi connectivity index (χ2n) is 28.1. The molecule has 0 aromatic heterocycles. The van der Waals surface area contributed by atoms with Crippen molar-refractivity contribution >= 4 is 177 Å². The zero-order chi connectivity index (χ0) is 89.8. The SMILES string of the molecule is CCCOC(=O)CCN(CCCN(C)C)CCC(=O)OCCC.CCCSSCCOC(=O)CCN(C)CCCN(C)CCC(=O)OCCSSCCC.CCCSSCCOC(=O)CCN(CCCN(C)C)CCC(=O)OCCSSCCC.CCCSSCCOC(=O)CCN(CCCN(CCO)CCO)CCC(=O)OCCSSCCC. The summed E-state index contributed by atoms with van der Waals surface area (Å²) in [5.41, 5.74) is 0. The number of hydrogen-bond donors (Lipinski definition) is 2. The van der Waals surface area contributed by atoms with Crippen LogP contribution < -0.4 is 0 Å². The summed E-state index contributed by atoms with van der Waals surface area (Å²) >= 11 is 0. The van der Waals surface area contributed by atoms with Gasteiger partial charge in [0.25, 0.3) is 0 Å². The van der Waals surface area contributed by atoms with Gasteiger partial charge in [-0.05, 0) is 172 Å². The smallest absolute Gasteiger partial charge is 0.307 e. The molecule has 0 saturated carbocycles. The lowest BCUT2D eigenvalue weighted by Crippen LogP contribution is -2.35. The molecule has 0 saturated heterocycles. The molecular formula is C82H164N8O18S12. The molecule has 26 nitrogen and oxygen atoms in total. The lowest BCUT2D eigenvalue weighted by atomic mass is 10.3. The van der Waals surface area contributed by atoms with Gasteiger partial charge in [0.15, 0.2) is 0 Å². The van der Waals surface area contributed by atoms with Crippen LogP contribution in [0.4, 0.5) is 0 Å². The number of nitrogens with zero attached hydrogens (tertiary/aromatic N) is 8. The average molecular weight is 1940 g/mol. The third-order valence-corrected chi connectivity index (χ3v) is 31.4. The second-order valence-corrected chi connectivity index (χ2v) is 44.3. The van der Waals surface area contributed by atoms with E-state index >= 15 is 0 Å². The fourth-order valence-corrected chi connectivity index (χ4v) is 21.4. The largest absolute Gasteiger partial charge is 0.466 e. The zero-order valence-corrected chi connectivity index (χ0v) is 86.1. The molecular weight excluding hydrogens is 1770 g/mol. The van der Waals surface area contributed by atoms with Gasteiger partial charge in [0.2, 0.25) is 0 Å². The topological polar surface area (TPSA) is 277 Å². The number of esters is 8. The van der Waals surface area contributed by atoms with Crippen molar-refractivity contribution in [1.29, 1.82) is 0 Å². The van der Waals surface area contributed by atoms with Crippen molar-refractivity contribution < 1.29 is 86.5 Å². The molecule has 0 unspecified atom stereocenters. The highest BCUT2D eigenvalue weighted by Crippen LogP contribution is 2.25. The van der Waals surface area contributed by atoms with Gasteiger partial charge in [-0.15, -0.1) is 0 Å². The summed E-state index contributed by atoms with van der Waals surface area (Å²) < 4.78 is 42.1. The van der Waals surface area contributed by atoms with Gasteiger partial charge in [0.05, 0.1) is 77.8 Å². The van der Waals surface area contributed by atoms with Crippen LogP contribution in [0.25, 0.3) is 0 Å². The summed E-state index contributed by atoms with van der Waals surface area (Å²) in [6.45, 7) is 33.6. The van der Waals surface area contributed by atoms with Crippen LogP contribution in [-0.4, -0.2) is 392 Å². The molecule has 0 aromatic rings. The monoisotopic (exact) mass is 1930 g/mol. The van der Waals surface area contributed by atoms with Crippen molar-refractivity contribution in [2.45, 2.75) is 184 Å². The van der Waals surface area contributed by atoms with E-state index in [9.17, 15) is 48.6 Å². The molecule has 0 spiro atoms. The van der Waals surface area contributed by atoms with Gasteiger partial charge < -0.3 is 82.4 Å². The van der Waals surface area contributed by atoms with Crippen molar-refractivity contribution in [3.8, 4) is 0 Å². The molecule has 0 heterocycles. The Bertz CT molecular complexity index is 2200. The molecule has 0 radical (unpaired) electrons. The summed E-state index contributed by atoms with van der Waals surface area (Å²) in [5, 5.41) is 18.4. The number of ether oxygens (including phenoxy) is 8. The van der Waals surface area contributed by atoms with E-state index in [1.807, 2.05) is 104 Å². The molecule has 0 amide bonds. The summed E-state index contributed by atoms with van der Waals surface area (Å²) in [6, 6.07) is 0. The van der Waals surface area contributed by atoms with E-state index in [4.69, 9.17) is 37.9 Å². The van der Waals surface area contributed by atoms with Crippen molar-refractivity contribution in [2.24, 2.45) is 0 Å². The molecule has 0 aromatic carbocycles. The van der Waals surface area contributed by atoms with E-state index in [1.165, 1.54) is 12.8 Å². The number of carbonyl (C=O) groups is 8. The number of carbonyl (C=O) groups excluding carboxylic acids is 8. The Hall–Kier alpha value is -0.440. The second kappa shape index (κ2) is 101. The fourth-order valence-electron chi connectivity index (χ4n) is 9.61. The normalized spacial score (nSPS) is 11.3. The number of aliphatic hydroxyl groups excluding tert-OH is 2. The van der Waals surface area contributed by atoms with Crippen molar-refractivity contribution in [2.75, 3.05) is 295 Å². The lowest BCUT2D eigenvalue weighted by Gasteiger charge is -2.24. The van der Waals surface area contributed by atoms with Crippen LogP contribution in [0, 0.1) is 0 Å². The predicted molar refractivity (Wildman–Crippen MR) is 527 cm³/mol. The predicted octanol–water partition coefficient (Wildman–Crippen LogP) is 14.7. The summed E-state index contributed by atoms with van der Waals surface area (Å²) in [4.78, 5) is 112. The summed E-state index contributed by atoms with van der Waals surface area (Å²) in [5.74, 6) is 10.3. The van der Waals surface area contributed by atoms with Crippen LogP contribution >= 0.6 is 130 Å². The minimum absolute atomic E-state index is 0.0475. The molecule has 0 rings (SSSR count). The van der Waals surface area contributed by atoms with E-state index in [1.54, 1.807) is 86.4 Å². The fraction of sp³-hybridized carbons (Fsp3) is 0.902. The summed E-state index contributed by atoms with van der Waals surface area (Å²) in [7, 11) is 33.6. The Morgan fingerprint density at radius 3 is 0.575 bits per heavy atom. The molecule has 120 heavy (non-hydrogen) atoms. The highest BCUT2D eigenvalue weighted by molar-refractivity contribution is 8.78. The molecule has 0 aliphatic heterocycles. The van der Waals surface area contributed by atoms with Crippen LogP contribution in [0.2, 0.25) is 0 Å². The lowest BCUT2D eigenvalue weighted by molar-refractivity contribution is -0.145. The molecule has 712 valence electrons. The minimum atomic E-state index is -0.220. The molecule has 38 heteroatoms. The highest BCUT2D eigenvalue weighted by Gasteiger charge is 2.18. The quantitative estimate of drug-likeness (QED) is 0.0248. The van der Waals surface area contributed by atoms with Gasteiger partial charge in [-0.25, -0.2) is 0 Å². The summed E-state index contributed by atoms with van der Waals surface area (Å²) in [6.07, 6.45) is 15.3.